The van der Waals surface area contributed by atoms with Crippen molar-refractivity contribution in [1.82, 2.24) is 9.88 Å². The van der Waals surface area contributed by atoms with Crippen molar-refractivity contribution in [1.29, 1.82) is 0 Å². The number of hydrogen-bond donors (Lipinski definition) is 0. The zero-order valence-corrected chi connectivity index (χ0v) is 18.4. The normalized spacial score (nSPS) is 10.8. The SMILES string of the molecule is COc1ccc2sc(N(CCCN(C)C)C(=O)c3cccc(Cl)c3)nc2c1.Cl. The topological polar surface area (TPSA) is 45.7 Å². The maximum atomic E-state index is 13.2. The summed E-state index contributed by atoms with van der Waals surface area (Å²) < 4.78 is 6.29. The second-order valence-electron chi connectivity index (χ2n) is 6.45. The first-order valence-electron chi connectivity index (χ1n) is 8.64. The van der Waals surface area contributed by atoms with Crippen molar-refractivity contribution in [2.75, 3.05) is 39.2 Å². The predicted octanol–water partition coefficient (Wildman–Crippen LogP) is 4.98. The number of benzene rings is 2. The van der Waals surface area contributed by atoms with Gasteiger partial charge in [-0.25, -0.2) is 4.98 Å². The van der Waals surface area contributed by atoms with E-state index in [-0.39, 0.29) is 18.3 Å². The van der Waals surface area contributed by atoms with E-state index in [9.17, 15) is 4.79 Å². The van der Waals surface area contributed by atoms with E-state index < -0.39 is 0 Å². The maximum Gasteiger partial charge on any atom is 0.260 e. The van der Waals surface area contributed by atoms with Gasteiger partial charge in [-0.15, -0.1) is 12.4 Å². The molecular formula is C20H23Cl2N3O2S. The van der Waals surface area contributed by atoms with Crippen LogP contribution in [0.25, 0.3) is 10.2 Å². The van der Waals surface area contributed by atoms with Crippen molar-refractivity contribution in [2.24, 2.45) is 0 Å². The largest absolute Gasteiger partial charge is 0.497 e. The van der Waals surface area contributed by atoms with Gasteiger partial charge in [0.15, 0.2) is 5.13 Å². The Bertz CT molecular complexity index is 946. The zero-order chi connectivity index (χ0) is 19.4. The minimum atomic E-state index is -0.0951. The Hall–Kier alpha value is -1.86. The molecule has 2 aromatic carbocycles. The summed E-state index contributed by atoms with van der Waals surface area (Å²) in [5, 5.41) is 1.23. The summed E-state index contributed by atoms with van der Waals surface area (Å²) in [5.74, 6) is 0.655. The van der Waals surface area contributed by atoms with Crippen LogP contribution in [0.5, 0.6) is 5.75 Å². The van der Waals surface area contributed by atoms with Crippen molar-refractivity contribution in [3.8, 4) is 5.75 Å². The van der Waals surface area contributed by atoms with Crippen LogP contribution in [0.2, 0.25) is 5.02 Å². The molecule has 150 valence electrons. The number of rotatable bonds is 7. The van der Waals surface area contributed by atoms with Gasteiger partial charge in [0.2, 0.25) is 0 Å². The number of ether oxygens (including phenoxy) is 1. The van der Waals surface area contributed by atoms with E-state index in [2.05, 4.69) is 9.88 Å². The zero-order valence-electron chi connectivity index (χ0n) is 16.0. The number of carbonyl (C=O) groups is 1. The standard InChI is InChI=1S/C20H22ClN3O2S.ClH/c1-23(2)10-5-11-24(19(25)14-6-4-7-15(21)12-14)20-22-17-13-16(26-3)8-9-18(17)27-20;/h4,6-9,12-13H,5,10-11H2,1-3H3;1H. The highest BCUT2D eigenvalue weighted by atomic mass is 35.5. The maximum absolute atomic E-state index is 13.2. The quantitative estimate of drug-likeness (QED) is 0.520. The summed E-state index contributed by atoms with van der Waals surface area (Å²) in [6.07, 6.45) is 0.846. The van der Waals surface area contributed by atoms with Crippen LogP contribution in [-0.4, -0.2) is 50.1 Å². The second kappa shape index (κ2) is 10.1. The Balaban J connectivity index is 0.00000280. The number of thiazole rings is 1. The van der Waals surface area contributed by atoms with E-state index in [4.69, 9.17) is 16.3 Å². The Morgan fingerprint density at radius 3 is 2.64 bits per heavy atom. The molecule has 0 aliphatic carbocycles. The summed E-state index contributed by atoms with van der Waals surface area (Å²) in [6, 6.07) is 12.8. The molecule has 0 radical (unpaired) electrons. The fourth-order valence-corrected chi connectivity index (χ4v) is 3.90. The molecule has 3 rings (SSSR count). The minimum absolute atomic E-state index is 0. The number of fused-ring (bicyclic) bond motifs is 1. The number of methoxy groups -OCH3 is 1. The molecule has 1 heterocycles. The molecule has 3 aromatic rings. The predicted molar refractivity (Wildman–Crippen MR) is 120 cm³/mol. The van der Waals surface area contributed by atoms with Crippen LogP contribution in [0.15, 0.2) is 42.5 Å². The number of nitrogens with zero attached hydrogens (tertiary/aromatic N) is 3. The van der Waals surface area contributed by atoms with Crippen LogP contribution in [0.3, 0.4) is 0 Å². The molecule has 0 unspecified atom stereocenters. The molecule has 1 amide bonds. The molecule has 0 spiro atoms. The highest BCUT2D eigenvalue weighted by molar-refractivity contribution is 7.22. The van der Waals surface area contributed by atoms with E-state index in [1.165, 1.54) is 11.3 Å². The lowest BCUT2D eigenvalue weighted by atomic mass is 10.2. The molecule has 8 heteroatoms. The van der Waals surface area contributed by atoms with Gasteiger partial charge in [-0.2, -0.15) is 0 Å². The third-order valence-electron chi connectivity index (χ3n) is 4.12. The lowest BCUT2D eigenvalue weighted by Crippen LogP contribution is -2.33. The Labute approximate surface area is 180 Å². The van der Waals surface area contributed by atoms with Crippen LogP contribution in [0, 0.1) is 0 Å². The Morgan fingerprint density at radius 2 is 1.96 bits per heavy atom. The van der Waals surface area contributed by atoms with E-state index in [0.29, 0.717) is 22.3 Å². The smallest absolute Gasteiger partial charge is 0.260 e. The number of carbonyl (C=O) groups excluding carboxylic acids is 1. The molecule has 0 bridgehead atoms. The highest BCUT2D eigenvalue weighted by Gasteiger charge is 2.21. The first-order valence-corrected chi connectivity index (χ1v) is 9.84. The number of aromatic nitrogens is 1. The lowest BCUT2D eigenvalue weighted by Gasteiger charge is -2.21. The average Bonchev–Trinajstić information content (AvgIpc) is 3.07. The van der Waals surface area contributed by atoms with Gasteiger partial charge in [0.25, 0.3) is 5.91 Å². The molecule has 5 nitrogen and oxygen atoms in total. The fourth-order valence-electron chi connectivity index (χ4n) is 2.74. The summed E-state index contributed by atoms with van der Waals surface area (Å²) in [4.78, 5) is 21.7. The summed E-state index contributed by atoms with van der Waals surface area (Å²) >= 11 is 7.58. The van der Waals surface area contributed by atoms with E-state index in [1.807, 2.05) is 32.3 Å². The van der Waals surface area contributed by atoms with Crippen molar-refractivity contribution < 1.29 is 9.53 Å². The van der Waals surface area contributed by atoms with E-state index >= 15 is 0 Å². The highest BCUT2D eigenvalue weighted by Crippen LogP contribution is 2.32. The van der Waals surface area contributed by atoms with Crippen molar-refractivity contribution >= 4 is 56.6 Å². The molecular weight excluding hydrogens is 417 g/mol. The second-order valence-corrected chi connectivity index (χ2v) is 7.90. The van der Waals surface area contributed by atoms with Gasteiger partial charge < -0.3 is 9.64 Å². The molecule has 0 fully saturated rings. The monoisotopic (exact) mass is 439 g/mol. The van der Waals surface area contributed by atoms with Crippen LogP contribution < -0.4 is 9.64 Å². The lowest BCUT2D eigenvalue weighted by molar-refractivity contribution is 0.0986. The molecule has 0 aliphatic heterocycles. The van der Waals surface area contributed by atoms with Crippen LogP contribution >= 0.6 is 35.3 Å². The number of amides is 1. The molecule has 28 heavy (non-hydrogen) atoms. The summed E-state index contributed by atoms with van der Waals surface area (Å²) in [5.41, 5.74) is 1.38. The average molecular weight is 440 g/mol. The van der Waals surface area contributed by atoms with Crippen LogP contribution in [0.4, 0.5) is 5.13 Å². The Morgan fingerprint density at radius 1 is 1.18 bits per heavy atom. The van der Waals surface area contributed by atoms with Gasteiger partial charge in [-0.3, -0.25) is 9.69 Å². The van der Waals surface area contributed by atoms with Crippen LogP contribution in [-0.2, 0) is 0 Å². The first kappa shape index (κ1) is 22.4. The van der Waals surface area contributed by atoms with Gasteiger partial charge in [-0.1, -0.05) is 29.0 Å². The fraction of sp³-hybridized carbons (Fsp3) is 0.300. The number of anilines is 1. The van der Waals surface area contributed by atoms with Crippen molar-refractivity contribution in [3.05, 3.63) is 53.1 Å². The summed E-state index contributed by atoms with van der Waals surface area (Å²) in [6.45, 7) is 1.47. The van der Waals surface area contributed by atoms with E-state index in [0.717, 1.165) is 28.9 Å². The van der Waals surface area contributed by atoms with E-state index in [1.54, 1.807) is 36.3 Å². The first-order chi connectivity index (χ1) is 13.0. The summed E-state index contributed by atoms with van der Waals surface area (Å²) in [7, 11) is 5.67. The minimum Gasteiger partial charge on any atom is -0.497 e. The van der Waals surface area contributed by atoms with Gasteiger partial charge in [0.1, 0.15) is 5.75 Å². The molecule has 0 saturated heterocycles. The Kier molecular flexibility index (Phi) is 8.07. The van der Waals surface area contributed by atoms with Gasteiger partial charge in [-0.05, 0) is 57.4 Å². The molecule has 0 N–H and O–H groups in total. The molecule has 1 aromatic heterocycles. The van der Waals surface area contributed by atoms with Gasteiger partial charge in [0, 0.05) is 23.2 Å². The molecule has 0 aliphatic rings. The third kappa shape index (κ3) is 5.35. The van der Waals surface area contributed by atoms with Gasteiger partial charge in [0.05, 0.1) is 17.3 Å². The molecule has 0 saturated carbocycles. The number of hydrogen-bond acceptors (Lipinski definition) is 5. The van der Waals surface area contributed by atoms with Gasteiger partial charge >= 0.3 is 0 Å². The van der Waals surface area contributed by atoms with Crippen molar-refractivity contribution in [3.63, 3.8) is 0 Å². The van der Waals surface area contributed by atoms with Crippen molar-refractivity contribution in [2.45, 2.75) is 6.42 Å². The molecule has 0 atom stereocenters. The van der Waals surface area contributed by atoms with Crippen LogP contribution in [0.1, 0.15) is 16.8 Å². The number of halogens is 2. The third-order valence-corrected chi connectivity index (χ3v) is 5.41.